The highest BCUT2D eigenvalue weighted by atomic mass is 13.9. The number of rotatable bonds is 3. The Balaban J connectivity index is 0.000000189. The van der Waals surface area contributed by atoms with E-state index in [0.29, 0.717) is 6.71 Å². The van der Waals surface area contributed by atoms with Crippen molar-refractivity contribution in [2.24, 2.45) is 0 Å². The minimum Gasteiger partial charge on any atom is -0.0742 e. The van der Waals surface area contributed by atoms with Crippen molar-refractivity contribution in [1.29, 1.82) is 0 Å². The Morgan fingerprint density at radius 2 is 0.778 bits per heavy atom. The van der Waals surface area contributed by atoms with E-state index in [2.05, 4.69) is 116 Å². The summed E-state index contributed by atoms with van der Waals surface area (Å²) in [5.74, 6) is 0. The molecule has 0 aliphatic heterocycles. The van der Waals surface area contributed by atoms with E-state index >= 15 is 0 Å². The summed E-state index contributed by atoms with van der Waals surface area (Å²) in [7, 11) is 0. The van der Waals surface area contributed by atoms with Crippen LogP contribution in [0.25, 0.3) is 10.8 Å². The van der Waals surface area contributed by atoms with Crippen LogP contribution in [-0.4, -0.2) is 6.71 Å². The van der Waals surface area contributed by atoms with Gasteiger partial charge in [-0.25, -0.2) is 0 Å². The van der Waals surface area contributed by atoms with Gasteiger partial charge in [0.25, 0.3) is 0 Å². The van der Waals surface area contributed by atoms with Gasteiger partial charge >= 0.3 is 0 Å². The van der Waals surface area contributed by atoms with Crippen LogP contribution < -0.4 is 10.9 Å². The summed E-state index contributed by atoms with van der Waals surface area (Å²) < 4.78 is 0. The lowest BCUT2D eigenvalue weighted by atomic mass is 9.39. The molecule has 4 aromatic rings. The maximum Gasteiger partial charge on any atom is 0.209 e. The summed E-state index contributed by atoms with van der Waals surface area (Å²) in [5, 5.41) is 2.62. The first kappa shape index (κ1) is 20.5. The minimum absolute atomic E-state index is 0.535. The smallest absolute Gasteiger partial charge is 0.0742 e. The molecule has 0 nitrogen and oxygen atoms in total. The highest BCUT2D eigenvalue weighted by Crippen LogP contribution is 2.11. The zero-order valence-electron chi connectivity index (χ0n) is 16.7. The van der Waals surface area contributed by atoms with Crippen molar-refractivity contribution in [1.82, 2.24) is 0 Å². The Bertz CT molecular complexity index is 780. The van der Waals surface area contributed by atoms with Gasteiger partial charge in [-0.1, -0.05) is 147 Å². The molecular weight excluding hydrogens is 323 g/mol. The van der Waals surface area contributed by atoms with Crippen LogP contribution in [0.1, 0.15) is 20.8 Å². The molecule has 0 N–H and O–H groups in total. The minimum atomic E-state index is 0.535. The molecule has 0 unspecified atom stereocenters. The molecule has 1 heteroatoms. The van der Waals surface area contributed by atoms with Crippen molar-refractivity contribution in [3.05, 3.63) is 109 Å². The van der Waals surface area contributed by atoms with Gasteiger partial charge < -0.3 is 0 Å². The standard InChI is InChI=1S/C14H15B.C10H8.C2H6/c1-2-15(13-9-5-3-6-10-13)14-11-7-4-8-12-14;1-2-6-10-8-4-3-7-9(10)5-1;1-2/h3-12H,2H2,1H3;1-8H;1-2H3. The second kappa shape index (κ2) is 11.7. The Labute approximate surface area is 165 Å². The van der Waals surface area contributed by atoms with Gasteiger partial charge in [0.15, 0.2) is 0 Å². The summed E-state index contributed by atoms with van der Waals surface area (Å²) >= 11 is 0. The number of fused-ring (bicyclic) bond motifs is 1. The highest BCUT2D eigenvalue weighted by Gasteiger charge is 2.15. The lowest BCUT2D eigenvalue weighted by Gasteiger charge is -2.11. The Hall–Kier alpha value is -2.80. The van der Waals surface area contributed by atoms with Crippen LogP contribution >= 0.6 is 0 Å². The average Bonchev–Trinajstić information content (AvgIpc) is 2.78. The van der Waals surface area contributed by atoms with Crippen molar-refractivity contribution in [3.8, 4) is 0 Å². The maximum absolute atomic E-state index is 2.24. The van der Waals surface area contributed by atoms with Crippen molar-refractivity contribution >= 4 is 28.4 Å². The zero-order valence-corrected chi connectivity index (χ0v) is 16.7. The molecule has 0 aromatic heterocycles. The van der Waals surface area contributed by atoms with Gasteiger partial charge in [0.2, 0.25) is 6.71 Å². The number of hydrogen-bond acceptors (Lipinski definition) is 0. The monoisotopic (exact) mass is 352 g/mol. The highest BCUT2D eigenvalue weighted by molar-refractivity contribution is 6.85. The van der Waals surface area contributed by atoms with Crippen molar-refractivity contribution in [2.45, 2.75) is 27.1 Å². The van der Waals surface area contributed by atoms with Crippen LogP contribution in [0.2, 0.25) is 6.32 Å². The summed E-state index contributed by atoms with van der Waals surface area (Å²) in [6.07, 6.45) is 1.15. The third kappa shape index (κ3) is 6.15. The van der Waals surface area contributed by atoms with E-state index in [4.69, 9.17) is 0 Å². The molecule has 136 valence electrons. The van der Waals surface area contributed by atoms with E-state index in [-0.39, 0.29) is 0 Å². The van der Waals surface area contributed by atoms with Gasteiger partial charge in [-0.15, -0.1) is 0 Å². The Morgan fingerprint density at radius 3 is 1.07 bits per heavy atom. The van der Waals surface area contributed by atoms with E-state index in [1.165, 1.54) is 21.7 Å². The summed E-state index contributed by atoms with van der Waals surface area (Å²) in [4.78, 5) is 0. The molecule has 0 saturated heterocycles. The van der Waals surface area contributed by atoms with Gasteiger partial charge in [-0.3, -0.25) is 0 Å². The molecule has 0 aliphatic carbocycles. The largest absolute Gasteiger partial charge is 0.209 e. The third-order valence-corrected chi connectivity index (χ3v) is 4.47. The van der Waals surface area contributed by atoms with Crippen molar-refractivity contribution in [2.75, 3.05) is 0 Å². The van der Waals surface area contributed by atoms with Gasteiger partial charge in [0, 0.05) is 0 Å². The van der Waals surface area contributed by atoms with E-state index in [0.717, 1.165) is 6.32 Å². The quantitative estimate of drug-likeness (QED) is 0.386. The van der Waals surface area contributed by atoms with Crippen molar-refractivity contribution in [3.63, 3.8) is 0 Å². The lowest BCUT2D eigenvalue weighted by Crippen LogP contribution is -2.41. The van der Waals surface area contributed by atoms with Gasteiger partial charge in [0.05, 0.1) is 0 Å². The van der Waals surface area contributed by atoms with Gasteiger partial charge in [-0.2, -0.15) is 0 Å². The van der Waals surface area contributed by atoms with Crippen LogP contribution in [0.3, 0.4) is 0 Å². The fourth-order valence-electron chi connectivity index (χ4n) is 3.17. The molecule has 0 bridgehead atoms. The van der Waals surface area contributed by atoms with E-state index in [1.807, 2.05) is 13.8 Å². The van der Waals surface area contributed by atoms with E-state index in [1.54, 1.807) is 0 Å². The molecule has 0 atom stereocenters. The fraction of sp³-hybridized carbons (Fsp3) is 0.154. The van der Waals surface area contributed by atoms with E-state index in [9.17, 15) is 0 Å². The molecule has 0 spiro atoms. The zero-order chi connectivity index (χ0) is 19.3. The molecule has 4 aromatic carbocycles. The molecule has 0 fully saturated rings. The lowest BCUT2D eigenvalue weighted by molar-refractivity contribution is 1.43. The maximum atomic E-state index is 2.24. The molecule has 4 rings (SSSR count). The van der Waals surface area contributed by atoms with Crippen LogP contribution in [-0.2, 0) is 0 Å². The summed E-state index contributed by atoms with van der Waals surface area (Å²) in [5.41, 5.74) is 2.82. The number of benzene rings is 4. The Kier molecular flexibility index (Phi) is 8.93. The van der Waals surface area contributed by atoms with Crippen LogP contribution in [0, 0.1) is 0 Å². The molecular formula is C26H29B. The first-order valence-electron chi connectivity index (χ1n) is 9.92. The van der Waals surface area contributed by atoms with Crippen LogP contribution in [0.5, 0.6) is 0 Å². The second-order valence-corrected chi connectivity index (χ2v) is 6.13. The topological polar surface area (TPSA) is 0 Å². The first-order valence-corrected chi connectivity index (χ1v) is 9.92. The average molecular weight is 352 g/mol. The summed E-state index contributed by atoms with van der Waals surface area (Å²) in [6, 6.07) is 38.1. The van der Waals surface area contributed by atoms with Gasteiger partial charge in [-0.05, 0) is 10.8 Å². The molecule has 0 saturated carbocycles. The fourth-order valence-corrected chi connectivity index (χ4v) is 3.17. The van der Waals surface area contributed by atoms with Crippen LogP contribution in [0.15, 0.2) is 109 Å². The predicted molar refractivity (Wildman–Crippen MR) is 124 cm³/mol. The van der Waals surface area contributed by atoms with Crippen molar-refractivity contribution < 1.29 is 0 Å². The molecule has 0 amide bonds. The van der Waals surface area contributed by atoms with Gasteiger partial charge in [0.1, 0.15) is 0 Å². The molecule has 27 heavy (non-hydrogen) atoms. The molecule has 0 radical (unpaired) electrons. The number of hydrogen-bond donors (Lipinski definition) is 0. The van der Waals surface area contributed by atoms with Crippen LogP contribution in [0.4, 0.5) is 0 Å². The van der Waals surface area contributed by atoms with E-state index < -0.39 is 0 Å². The predicted octanol–water partition coefficient (Wildman–Crippen LogP) is 6.18. The second-order valence-electron chi connectivity index (χ2n) is 6.13. The molecule has 0 aliphatic rings. The SMILES string of the molecule is CC.CCB(c1ccccc1)c1ccccc1.c1ccc2ccccc2c1. The normalized spacial score (nSPS) is 9.44. The summed E-state index contributed by atoms with van der Waals surface area (Å²) in [6.45, 7) is 6.78. The Morgan fingerprint density at radius 1 is 0.481 bits per heavy atom. The third-order valence-electron chi connectivity index (χ3n) is 4.47. The molecule has 0 heterocycles. The first-order chi connectivity index (χ1) is 13.4.